The second-order valence-corrected chi connectivity index (χ2v) is 5.54. The van der Waals surface area contributed by atoms with E-state index in [4.69, 9.17) is 9.47 Å². The third-order valence-corrected chi connectivity index (χ3v) is 4.01. The van der Waals surface area contributed by atoms with Crippen LogP contribution in [0, 0.1) is 5.41 Å². The molecule has 1 fully saturated rings. The molecule has 0 unspecified atom stereocenters. The highest BCUT2D eigenvalue weighted by molar-refractivity contribution is 5.77. The molecule has 0 bridgehead atoms. The highest BCUT2D eigenvalue weighted by atomic mass is 16.5. The molecule has 0 radical (unpaired) electrons. The molecule has 110 valence electrons. The van der Waals surface area contributed by atoms with Crippen LogP contribution in [0.2, 0.25) is 0 Å². The lowest BCUT2D eigenvalue weighted by Gasteiger charge is -2.34. The number of rotatable bonds is 6. The zero-order valence-electron chi connectivity index (χ0n) is 12.3. The summed E-state index contributed by atoms with van der Waals surface area (Å²) in [5.41, 5.74) is 0.727. The van der Waals surface area contributed by atoms with Gasteiger partial charge in [-0.2, -0.15) is 0 Å². The first-order valence-corrected chi connectivity index (χ1v) is 7.56. The van der Waals surface area contributed by atoms with Gasteiger partial charge in [0.15, 0.2) is 0 Å². The van der Waals surface area contributed by atoms with Crippen molar-refractivity contribution in [3.05, 3.63) is 35.9 Å². The molecule has 1 aliphatic carbocycles. The zero-order chi connectivity index (χ0) is 14.3. The van der Waals surface area contributed by atoms with Gasteiger partial charge in [-0.25, -0.2) is 0 Å². The van der Waals surface area contributed by atoms with E-state index in [0.29, 0.717) is 19.8 Å². The van der Waals surface area contributed by atoms with Gasteiger partial charge in [-0.15, -0.1) is 0 Å². The highest BCUT2D eigenvalue weighted by Gasteiger charge is 2.41. The SMILES string of the molecule is CCOC(=O)C1(COCc2ccccc2)CCCCC1. The fourth-order valence-electron chi connectivity index (χ4n) is 2.86. The van der Waals surface area contributed by atoms with E-state index in [1.165, 1.54) is 6.42 Å². The maximum Gasteiger partial charge on any atom is 0.314 e. The zero-order valence-corrected chi connectivity index (χ0v) is 12.3. The minimum atomic E-state index is -0.414. The summed E-state index contributed by atoms with van der Waals surface area (Å²) in [7, 11) is 0. The van der Waals surface area contributed by atoms with Crippen LogP contribution in [-0.2, 0) is 20.9 Å². The summed E-state index contributed by atoms with van der Waals surface area (Å²) in [5, 5.41) is 0. The molecule has 1 aromatic carbocycles. The molecule has 3 heteroatoms. The number of ether oxygens (including phenoxy) is 2. The molecular formula is C17H24O3. The fourth-order valence-corrected chi connectivity index (χ4v) is 2.86. The summed E-state index contributed by atoms with van der Waals surface area (Å²) in [6.07, 6.45) is 5.17. The van der Waals surface area contributed by atoms with Crippen molar-refractivity contribution in [2.75, 3.05) is 13.2 Å². The summed E-state index contributed by atoms with van der Waals surface area (Å²) in [4.78, 5) is 12.3. The van der Waals surface area contributed by atoms with Gasteiger partial charge in [0.25, 0.3) is 0 Å². The molecule has 2 rings (SSSR count). The number of carbonyl (C=O) groups is 1. The Bertz CT molecular complexity index is 408. The highest BCUT2D eigenvalue weighted by Crippen LogP contribution is 2.38. The summed E-state index contributed by atoms with van der Waals surface area (Å²) in [6, 6.07) is 10.1. The van der Waals surface area contributed by atoms with Gasteiger partial charge in [-0.05, 0) is 25.3 Å². The molecule has 0 aromatic heterocycles. The van der Waals surface area contributed by atoms with E-state index < -0.39 is 5.41 Å². The van der Waals surface area contributed by atoms with Gasteiger partial charge in [-0.1, -0.05) is 49.6 Å². The van der Waals surface area contributed by atoms with Gasteiger partial charge in [0.2, 0.25) is 0 Å². The van der Waals surface area contributed by atoms with Crippen molar-refractivity contribution in [2.24, 2.45) is 5.41 Å². The lowest BCUT2D eigenvalue weighted by Crippen LogP contribution is -2.39. The van der Waals surface area contributed by atoms with E-state index in [9.17, 15) is 4.79 Å². The third-order valence-electron chi connectivity index (χ3n) is 4.01. The lowest BCUT2D eigenvalue weighted by molar-refractivity contribution is -0.162. The molecule has 0 aliphatic heterocycles. The van der Waals surface area contributed by atoms with E-state index in [2.05, 4.69) is 0 Å². The van der Waals surface area contributed by atoms with Crippen LogP contribution in [0.3, 0.4) is 0 Å². The van der Waals surface area contributed by atoms with Crippen LogP contribution in [0.15, 0.2) is 30.3 Å². The molecule has 0 atom stereocenters. The Morgan fingerprint density at radius 2 is 1.85 bits per heavy atom. The summed E-state index contributed by atoms with van der Waals surface area (Å²) < 4.78 is 11.1. The Labute approximate surface area is 121 Å². The van der Waals surface area contributed by atoms with Crippen LogP contribution in [0.25, 0.3) is 0 Å². The number of hydrogen-bond acceptors (Lipinski definition) is 3. The minimum absolute atomic E-state index is 0.0761. The summed E-state index contributed by atoms with van der Waals surface area (Å²) in [5.74, 6) is -0.0761. The maximum atomic E-state index is 12.3. The van der Waals surface area contributed by atoms with Crippen molar-refractivity contribution in [3.63, 3.8) is 0 Å². The van der Waals surface area contributed by atoms with Crippen molar-refractivity contribution in [1.82, 2.24) is 0 Å². The Kier molecular flexibility index (Phi) is 5.60. The average molecular weight is 276 g/mol. The molecule has 0 spiro atoms. The van der Waals surface area contributed by atoms with Crippen molar-refractivity contribution < 1.29 is 14.3 Å². The van der Waals surface area contributed by atoms with Gasteiger partial charge in [0.1, 0.15) is 0 Å². The van der Waals surface area contributed by atoms with Crippen LogP contribution in [0.1, 0.15) is 44.6 Å². The Morgan fingerprint density at radius 1 is 1.15 bits per heavy atom. The number of hydrogen-bond donors (Lipinski definition) is 0. The van der Waals surface area contributed by atoms with Crippen LogP contribution in [-0.4, -0.2) is 19.2 Å². The molecule has 20 heavy (non-hydrogen) atoms. The summed E-state index contributed by atoms with van der Waals surface area (Å²) >= 11 is 0. The molecule has 1 aliphatic rings. The van der Waals surface area contributed by atoms with Gasteiger partial charge in [0, 0.05) is 0 Å². The van der Waals surface area contributed by atoms with Crippen molar-refractivity contribution in [1.29, 1.82) is 0 Å². The van der Waals surface area contributed by atoms with E-state index in [-0.39, 0.29) is 5.97 Å². The smallest absolute Gasteiger partial charge is 0.314 e. The van der Waals surface area contributed by atoms with E-state index >= 15 is 0 Å². The first-order chi connectivity index (χ1) is 9.77. The van der Waals surface area contributed by atoms with E-state index in [1.54, 1.807) is 0 Å². The third kappa shape index (κ3) is 3.83. The first kappa shape index (κ1) is 15.0. The monoisotopic (exact) mass is 276 g/mol. The van der Waals surface area contributed by atoms with Gasteiger partial charge in [-0.3, -0.25) is 4.79 Å². The molecular weight excluding hydrogens is 252 g/mol. The van der Waals surface area contributed by atoms with Crippen molar-refractivity contribution in [2.45, 2.75) is 45.6 Å². The van der Waals surface area contributed by atoms with E-state index in [1.807, 2.05) is 37.3 Å². The molecule has 3 nitrogen and oxygen atoms in total. The van der Waals surface area contributed by atoms with Crippen LogP contribution in [0.4, 0.5) is 0 Å². The van der Waals surface area contributed by atoms with Crippen LogP contribution >= 0.6 is 0 Å². The Hall–Kier alpha value is -1.35. The van der Waals surface area contributed by atoms with Crippen LogP contribution < -0.4 is 0 Å². The normalized spacial score (nSPS) is 17.6. The van der Waals surface area contributed by atoms with Gasteiger partial charge >= 0.3 is 5.97 Å². The average Bonchev–Trinajstić information content (AvgIpc) is 2.49. The largest absolute Gasteiger partial charge is 0.465 e. The Balaban J connectivity index is 1.92. The minimum Gasteiger partial charge on any atom is -0.465 e. The van der Waals surface area contributed by atoms with Crippen molar-refractivity contribution >= 4 is 5.97 Å². The van der Waals surface area contributed by atoms with Crippen molar-refractivity contribution in [3.8, 4) is 0 Å². The lowest BCUT2D eigenvalue weighted by atomic mass is 9.74. The molecule has 0 saturated heterocycles. The quantitative estimate of drug-likeness (QED) is 0.743. The van der Waals surface area contributed by atoms with Gasteiger partial charge < -0.3 is 9.47 Å². The van der Waals surface area contributed by atoms with Crippen LogP contribution in [0.5, 0.6) is 0 Å². The molecule has 0 N–H and O–H groups in total. The molecule has 0 heterocycles. The molecule has 1 aromatic rings. The predicted molar refractivity (Wildman–Crippen MR) is 78.2 cm³/mol. The Morgan fingerprint density at radius 3 is 2.50 bits per heavy atom. The maximum absolute atomic E-state index is 12.3. The number of carbonyl (C=O) groups excluding carboxylic acids is 1. The molecule has 1 saturated carbocycles. The summed E-state index contributed by atoms with van der Waals surface area (Å²) in [6.45, 7) is 3.33. The predicted octanol–water partition coefficient (Wildman–Crippen LogP) is 3.72. The first-order valence-electron chi connectivity index (χ1n) is 7.56. The topological polar surface area (TPSA) is 35.5 Å². The van der Waals surface area contributed by atoms with E-state index in [0.717, 1.165) is 31.2 Å². The second kappa shape index (κ2) is 7.44. The standard InChI is InChI=1S/C17H24O3/c1-2-20-16(18)17(11-7-4-8-12-17)14-19-13-15-9-5-3-6-10-15/h3,5-6,9-10H,2,4,7-8,11-14H2,1H3. The second-order valence-electron chi connectivity index (χ2n) is 5.54. The number of benzene rings is 1. The fraction of sp³-hybridized carbons (Fsp3) is 0.588. The van der Waals surface area contributed by atoms with Gasteiger partial charge in [0.05, 0.1) is 25.2 Å². The molecule has 0 amide bonds. The number of esters is 1.